The van der Waals surface area contributed by atoms with Crippen LogP contribution in [0.15, 0.2) is 221 Å². The van der Waals surface area contributed by atoms with Gasteiger partial charge in [-0.1, -0.05) is 170 Å². The topological polar surface area (TPSA) is 54.8 Å². The van der Waals surface area contributed by atoms with E-state index in [1.165, 1.54) is 37.9 Å². The van der Waals surface area contributed by atoms with E-state index in [2.05, 4.69) is 204 Å². The van der Waals surface area contributed by atoms with Crippen molar-refractivity contribution >= 4 is 87.7 Å². The molecule has 0 saturated heterocycles. The smallest absolute Gasteiger partial charge is 0.170 e. The van der Waals surface area contributed by atoms with Crippen LogP contribution in [-0.2, 0) is 0 Å². The summed E-state index contributed by atoms with van der Waals surface area (Å²) in [5.41, 5.74) is 10.1. The zero-order valence-electron chi connectivity index (χ0n) is 33.5. The fourth-order valence-electron chi connectivity index (χ4n) is 9.63. The molecule has 2 aromatic heterocycles. The Kier molecular flexibility index (Phi) is 7.60. The molecule has 0 saturated carbocycles. The highest BCUT2D eigenvalue weighted by Gasteiger charge is 2.27. The molecule has 0 aliphatic carbocycles. The maximum atomic E-state index is 7.01. The standard InChI is InChI=1S/C57H36N4O/c1-2-13-35(14-3-1)36-25-27-38(28-26-36)55-58-56(44-23-12-20-37-15-8-9-21-43(37)44)60-57(59-55)46-29-30-49(54-53(46)45-22-10-11-24-52(45)62-54)61-50-33-41-18-6-4-16-39(41)31-47(50)48-32-40-17-5-7-19-42(40)34-51(48)61/h1-34,57H,(H,58,59,60). The summed E-state index contributed by atoms with van der Waals surface area (Å²) < 4.78 is 9.41. The molecule has 5 nitrogen and oxygen atoms in total. The van der Waals surface area contributed by atoms with Gasteiger partial charge in [0.1, 0.15) is 17.3 Å². The van der Waals surface area contributed by atoms with E-state index in [0.717, 1.165) is 83.4 Å². The summed E-state index contributed by atoms with van der Waals surface area (Å²) in [7, 11) is 0. The number of nitrogens with one attached hydrogen (secondary N) is 1. The van der Waals surface area contributed by atoms with Gasteiger partial charge in [0.2, 0.25) is 0 Å². The predicted octanol–water partition coefficient (Wildman–Crippen LogP) is 14.3. The Morgan fingerprint density at radius 3 is 1.68 bits per heavy atom. The SMILES string of the molecule is c1ccc(-c2ccc(C3=NC(c4ccc(-n5c6cc7ccccc7cc6c6cc7ccccc7cc65)c5oc6ccccc6c45)N=C(c4cccc5ccccc45)N3)cc2)cc1. The van der Waals surface area contributed by atoms with Crippen LogP contribution in [0.25, 0.3) is 92.9 Å². The normalized spacial score (nSPS) is 14.3. The largest absolute Gasteiger partial charge is 0.454 e. The Labute approximate surface area is 356 Å². The lowest BCUT2D eigenvalue weighted by Crippen LogP contribution is -2.36. The first-order chi connectivity index (χ1) is 30.7. The molecule has 0 radical (unpaired) electrons. The van der Waals surface area contributed by atoms with E-state index in [-0.39, 0.29) is 0 Å². The van der Waals surface area contributed by atoms with Gasteiger partial charge in [0.15, 0.2) is 11.7 Å². The average Bonchev–Trinajstić information content (AvgIpc) is 3.87. The Morgan fingerprint density at radius 1 is 0.419 bits per heavy atom. The zero-order chi connectivity index (χ0) is 40.7. The van der Waals surface area contributed by atoms with Crippen molar-refractivity contribution in [2.45, 2.75) is 6.17 Å². The number of benzene rings is 10. The highest BCUT2D eigenvalue weighted by Crippen LogP contribution is 2.44. The molecule has 1 N–H and O–H groups in total. The number of aromatic nitrogens is 1. The van der Waals surface area contributed by atoms with Crippen molar-refractivity contribution in [2.75, 3.05) is 0 Å². The van der Waals surface area contributed by atoms with Crippen LogP contribution in [0.4, 0.5) is 0 Å². The summed E-state index contributed by atoms with van der Waals surface area (Å²) in [4.78, 5) is 10.9. The molecule has 12 aromatic rings. The lowest BCUT2D eigenvalue weighted by Gasteiger charge is -2.24. The van der Waals surface area contributed by atoms with E-state index in [1.807, 2.05) is 12.1 Å². The molecule has 13 rings (SSSR count). The number of hydrogen-bond donors (Lipinski definition) is 1. The van der Waals surface area contributed by atoms with Gasteiger partial charge in [0.05, 0.1) is 16.7 Å². The third-order valence-electron chi connectivity index (χ3n) is 12.6. The Hall–Kier alpha value is -8.28. The van der Waals surface area contributed by atoms with Crippen molar-refractivity contribution in [1.29, 1.82) is 0 Å². The van der Waals surface area contributed by atoms with E-state index in [9.17, 15) is 0 Å². The maximum Gasteiger partial charge on any atom is 0.170 e. The van der Waals surface area contributed by atoms with Crippen LogP contribution in [0.3, 0.4) is 0 Å². The molecule has 0 amide bonds. The van der Waals surface area contributed by atoms with Gasteiger partial charge in [0.25, 0.3) is 0 Å². The minimum atomic E-state index is -0.572. The van der Waals surface area contributed by atoms with Crippen LogP contribution in [0.2, 0.25) is 0 Å². The van der Waals surface area contributed by atoms with Crippen LogP contribution < -0.4 is 5.32 Å². The molecule has 0 spiro atoms. The van der Waals surface area contributed by atoms with Gasteiger partial charge in [-0.3, -0.25) is 0 Å². The number of nitrogens with zero attached hydrogens (tertiary/aromatic N) is 3. The highest BCUT2D eigenvalue weighted by atomic mass is 16.3. The van der Waals surface area contributed by atoms with Crippen molar-refractivity contribution in [3.63, 3.8) is 0 Å². The van der Waals surface area contributed by atoms with Crippen molar-refractivity contribution < 1.29 is 4.42 Å². The summed E-state index contributed by atoms with van der Waals surface area (Å²) in [6.45, 7) is 0. The monoisotopic (exact) mass is 792 g/mol. The number of hydrogen-bond acceptors (Lipinski definition) is 4. The summed E-state index contributed by atoms with van der Waals surface area (Å²) in [5.74, 6) is 1.54. The molecule has 1 aliphatic heterocycles. The van der Waals surface area contributed by atoms with Gasteiger partial charge in [-0.15, -0.1) is 0 Å². The van der Waals surface area contributed by atoms with Gasteiger partial charge in [-0.2, -0.15) is 0 Å². The highest BCUT2D eigenvalue weighted by molar-refractivity contribution is 6.21. The van der Waals surface area contributed by atoms with Crippen molar-refractivity contribution in [3.8, 4) is 16.8 Å². The lowest BCUT2D eigenvalue weighted by atomic mass is 10.00. The molecule has 0 fully saturated rings. The first-order valence-corrected chi connectivity index (χ1v) is 21.1. The molecule has 0 bridgehead atoms. The van der Waals surface area contributed by atoms with Gasteiger partial charge >= 0.3 is 0 Å². The van der Waals surface area contributed by atoms with Crippen LogP contribution >= 0.6 is 0 Å². The number of aliphatic imine (C=N–C) groups is 2. The molecule has 10 aromatic carbocycles. The van der Waals surface area contributed by atoms with Crippen LogP contribution in [0, 0.1) is 0 Å². The number of fused-ring (bicyclic) bond motifs is 9. The van der Waals surface area contributed by atoms with Crippen molar-refractivity contribution in [3.05, 3.63) is 223 Å². The van der Waals surface area contributed by atoms with Gasteiger partial charge in [-0.25, -0.2) is 9.98 Å². The van der Waals surface area contributed by atoms with Crippen LogP contribution in [-0.4, -0.2) is 16.2 Å². The second-order valence-electron chi connectivity index (χ2n) is 16.2. The fourth-order valence-corrected chi connectivity index (χ4v) is 9.63. The first-order valence-electron chi connectivity index (χ1n) is 21.1. The minimum Gasteiger partial charge on any atom is -0.454 e. The zero-order valence-corrected chi connectivity index (χ0v) is 33.5. The van der Waals surface area contributed by atoms with E-state index in [0.29, 0.717) is 0 Å². The number of para-hydroxylation sites is 1. The lowest BCUT2D eigenvalue weighted by molar-refractivity contribution is 0.665. The molecule has 1 atom stereocenters. The van der Waals surface area contributed by atoms with Crippen LogP contribution in [0.5, 0.6) is 0 Å². The van der Waals surface area contributed by atoms with E-state index in [1.54, 1.807) is 0 Å². The number of rotatable bonds is 5. The average molecular weight is 793 g/mol. The van der Waals surface area contributed by atoms with Crippen LogP contribution in [0.1, 0.15) is 22.9 Å². The fraction of sp³-hybridized carbons (Fsp3) is 0.0175. The third-order valence-corrected chi connectivity index (χ3v) is 12.6. The van der Waals surface area contributed by atoms with Gasteiger partial charge in [0, 0.05) is 38.2 Å². The molecule has 3 heterocycles. The predicted molar refractivity (Wildman–Crippen MR) is 258 cm³/mol. The molecule has 62 heavy (non-hydrogen) atoms. The second kappa shape index (κ2) is 13.6. The summed E-state index contributed by atoms with van der Waals surface area (Å²) >= 11 is 0. The van der Waals surface area contributed by atoms with Gasteiger partial charge in [-0.05, 0) is 79.8 Å². The molecule has 1 aliphatic rings. The van der Waals surface area contributed by atoms with E-state index >= 15 is 0 Å². The third kappa shape index (κ3) is 5.42. The molecular formula is C57H36N4O. The maximum absolute atomic E-state index is 7.01. The number of furan rings is 1. The molecular weight excluding hydrogens is 757 g/mol. The van der Waals surface area contributed by atoms with Crippen molar-refractivity contribution in [2.24, 2.45) is 9.98 Å². The van der Waals surface area contributed by atoms with E-state index < -0.39 is 6.17 Å². The summed E-state index contributed by atoms with van der Waals surface area (Å²) in [6, 6.07) is 73.3. The molecule has 5 heteroatoms. The quantitative estimate of drug-likeness (QED) is 0.189. The second-order valence-corrected chi connectivity index (χ2v) is 16.2. The Morgan fingerprint density at radius 2 is 0.968 bits per heavy atom. The van der Waals surface area contributed by atoms with E-state index in [4.69, 9.17) is 14.4 Å². The first kappa shape index (κ1) is 34.6. The Balaban J connectivity index is 1.06. The number of amidine groups is 2. The summed E-state index contributed by atoms with van der Waals surface area (Å²) in [6.07, 6.45) is -0.572. The van der Waals surface area contributed by atoms with Gasteiger partial charge < -0.3 is 14.3 Å². The molecule has 290 valence electrons. The molecule has 1 unspecified atom stereocenters. The minimum absolute atomic E-state index is 0.572. The van der Waals surface area contributed by atoms with Crippen molar-refractivity contribution in [1.82, 2.24) is 9.88 Å². The Bertz CT molecular complexity index is 3740. The summed E-state index contributed by atoms with van der Waals surface area (Å²) in [5, 5.41) is 15.2.